The predicted octanol–water partition coefficient (Wildman–Crippen LogP) is 2.35. The molecule has 1 aromatic rings. The standard InChI is InChI=1S/C12H17ClN2O/c1-12(2)9-16-6-5-15(12)8-11-7-10(13)3-4-14-11/h3-4,7H,5-6,8-9H2,1-2H3. The maximum absolute atomic E-state index is 5.95. The van der Waals surface area contributed by atoms with Gasteiger partial charge in [-0.15, -0.1) is 0 Å². The van der Waals surface area contributed by atoms with Crippen molar-refractivity contribution in [3.63, 3.8) is 0 Å². The molecule has 0 radical (unpaired) electrons. The smallest absolute Gasteiger partial charge is 0.0645 e. The van der Waals surface area contributed by atoms with Gasteiger partial charge in [0, 0.05) is 29.8 Å². The van der Waals surface area contributed by atoms with Gasteiger partial charge in [-0.1, -0.05) is 11.6 Å². The van der Waals surface area contributed by atoms with E-state index in [1.54, 1.807) is 12.3 Å². The number of pyridine rings is 1. The van der Waals surface area contributed by atoms with Crippen LogP contribution in [0.1, 0.15) is 19.5 Å². The summed E-state index contributed by atoms with van der Waals surface area (Å²) >= 11 is 5.95. The highest BCUT2D eigenvalue weighted by molar-refractivity contribution is 6.30. The summed E-state index contributed by atoms with van der Waals surface area (Å²) in [4.78, 5) is 6.72. The van der Waals surface area contributed by atoms with E-state index in [0.29, 0.717) is 0 Å². The molecule has 0 amide bonds. The Hall–Kier alpha value is -0.640. The van der Waals surface area contributed by atoms with Crippen molar-refractivity contribution in [3.05, 3.63) is 29.0 Å². The molecule has 0 N–H and O–H groups in total. The fourth-order valence-electron chi connectivity index (χ4n) is 1.91. The Balaban J connectivity index is 2.08. The average molecular weight is 241 g/mol. The average Bonchev–Trinajstić information content (AvgIpc) is 2.21. The summed E-state index contributed by atoms with van der Waals surface area (Å²) < 4.78 is 5.49. The van der Waals surface area contributed by atoms with E-state index in [4.69, 9.17) is 16.3 Å². The summed E-state index contributed by atoms with van der Waals surface area (Å²) in [7, 11) is 0. The Bertz CT molecular complexity index is 368. The van der Waals surface area contributed by atoms with Crippen molar-refractivity contribution >= 4 is 11.6 Å². The third-order valence-corrected chi connectivity index (χ3v) is 3.18. The van der Waals surface area contributed by atoms with Crippen molar-refractivity contribution in [2.75, 3.05) is 19.8 Å². The van der Waals surface area contributed by atoms with Gasteiger partial charge in [-0.05, 0) is 26.0 Å². The first kappa shape index (κ1) is 11.8. The number of hydrogen-bond acceptors (Lipinski definition) is 3. The molecule has 16 heavy (non-hydrogen) atoms. The van der Waals surface area contributed by atoms with E-state index < -0.39 is 0 Å². The highest BCUT2D eigenvalue weighted by Gasteiger charge is 2.30. The predicted molar refractivity (Wildman–Crippen MR) is 64.6 cm³/mol. The summed E-state index contributed by atoms with van der Waals surface area (Å²) in [5, 5.41) is 0.746. The molecule has 0 aliphatic carbocycles. The van der Waals surface area contributed by atoms with Gasteiger partial charge in [-0.25, -0.2) is 0 Å². The van der Waals surface area contributed by atoms with Crippen LogP contribution in [0, 0.1) is 0 Å². The monoisotopic (exact) mass is 240 g/mol. The van der Waals surface area contributed by atoms with Crippen LogP contribution in [0.3, 0.4) is 0 Å². The normalized spacial score (nSPS) is 20.9. The summed E-state index contributed by atoms with van der Waals surface area (Å²) in [5.74, 6) is 0. The summed E-state index contributed by atoms with van der Waals surface area (Å²) in [6.45, 7) is 7.73. The van der Waals surface area contributed by atoms with Crippen molar-refractivity contribution in [1.29, 1.82) is 0 Å². The molecule has 0 unspecified atom stereocenters. The molecule has 1 saturated heterocycles. The van der Waals surface area contributed by atoms with Gasteiger partial charge in [0.1, 0.15) is 0 Å². The molecule has 0 bridgehead atoms. The van der Waals surface area contributed by atoms with E-state index in [-0.39, 0.29) is 5.54 Å². The lowest BCUT2D eigenvalue weighted by molar-refractivity contribution is -0.0557. The summed E-state index contributed by atoms with van der Waals surface area (Å²) in [6.07, 6.45) is 1.76. The van der Waals surface area contributed by atoms with Gasteiger partial charge < -0.3 is 4.74 Å². The van der Waals surface area contributed by atoms with Gasteiger partial charge in [0.25, 0.3) is 0 Å². The zero-order chi connectivity index (χ0) is 11.6. The van der Waals surface area contributed by atoms with Gasteiger partial charge in [-0.2, -0.15) is 0 Å². The van der Waals surface area contributed by atoms with Crippen LogP contribution < -0.4 is 0 Å². The lowest BCUT2D eigenvalue weighted by Gasteiger charge is -2.41. The van der Waals surface area contributed by atoms with Crippen LogP contribution >= 0.6 is 11.6 Å². The summed E-state index contributed by atoms with van der Waals surface area (Å²) in [6, 6.07) is 3.72. The molecule has 0 atom stereocenters. The molecule has 0 spiro atoms. The maximum atomic E-state index is 5.95. The van der Waals surface area contributed by atoms with Crippen LogP contribution in [-0.2, 0) is 11.3 Å². The second kappa shape index (κ2) is 4.70. The molecule has 2 rings (SSSR count). The Morgan fingerprint density at radius 3 is 3.06 bits per heavy atom. The second-order valence-electron chi connectivity index (χ2n) is 4.75. The Morgan fingerprint density at radius 2 is 2.38 bits per heavy atom. The number of aromatic nitrogens is 1. The third-order valence-electron chi connectivity index (χ3n) is 2.95. The van der Waals surface area contributed by atoms with Gasteiger partial charge in [0.05, 0.1) is 18.9 Å². The van der Waals surface area contributed by atoms with E-state index >= 15 is 0 Å². The molecule has 1 aromatic heterocycles. The van der Waals surface area contributed by atoms with Gasteiger partial charge in [0.2, 0.25) is 0 Å². The van der Waals surface area contributed by atoms with Crippen LogP contribution in [0.2, 0.25) is 5.02 Å². The fraction of sp³-hybridized carbons (Fsp3) is 0.583. The van der Waals surface area contributed by atoms with E-state index in [2.05, 4.69) is 23.7 Å². The van der Waals surface area contributed by atoms with Crippen LogP contribution in [0.15, 0.2) is 18.3 Å². The number of nitrogens with zero attached hydrogens (tertiary/aromatic N) is 2. The minimum Gasteiger partial charge on any atom is -0.378 e. The van der Waals surface area contributed by atoms with Crippen LogP contribution in [0.4, 0.5) is 0 Å². The third kappa shape index (κ3) is 2.73. The van der Waals surface area contributed by atoms with E-state index in [1.165, 1.54) is 0 Å². The number of ether oxygens (including phenoxy) is 1. The number of halogens is 1. The fourth-order valence-corrected chi connectivity index (χ4v) is 2.10. The first-order valence-electron chi connectivity index (χ1n) is 5.51. The molecule has 0 saturated carbocycles. The molecule has 88 valence electrons. The van der Waals surface area contributed by atoms with Crippen molar-refractivity contribution < 1.29 is 4.74 Å². The molecular formula is C12H17ClN2O. The molecule has 4 heteroatoms. The molecule has 3 nitrogen and oxygen atoms in total. The van der Waals surface area contributed by atoms with Crippen molar-refractivity contribution in [3.8, 4) is 0 Å². The molecular weight excluding hydrogens is 224 g/mol. The first-order chi connectivity index (χ1) is 7.58. The van der Waals surface area contributed by atoms with Gasteiger partial charge >= 0.3 is 0 Å². The lowest BCUT2D eigenvalue weighted by Crippen LogP contribution is -2.52. The van der Waals surface area contributed by atoms with Crippen LogP contribution in [-0.4, -0.2) is 35.2 Å². The summed E-state index contributed by atoms with van der Waals surface area (Å²) in [5.41, 5.74) is 1.09. The zero-order valence-electron chi connectivity index (χ0n) is 9.74. The molecule has 1 aliphatic rings. The van der Waals surface area contributed by atoms with Crippen molar-refractivity contribution in [2.24, 2.45) is 0 Å². The quantitative estimate of drug-likeness (QED) is 0.794. The van der Waals surface area contributed by atoms with E-state index in [1.807, 2.05) is 6.07 Å². The minimum atomic E-state index is 0.0717. The Labute approximate surface area is 101 Å². The van der Waals surface area contributed by atoms with E-state index in [9.17, 15) is 0 Å². The largest absolute Gasteiger partial charge is 0.378 e. The lowest BCUT2D eigenvalue weighted by atomic mass is 10.0. The minimum absolute atomic E-state index is 0.0717. The molecule has 1 fully saturated rings. The first-order valence-corrected chi connectivity index (χ1v) is 5.89. The number of morpholine rings is 1. The highest BCUT2D eigenvalue weighted by Crippen LogP contribution is 2.21. The SMILES string of the molecule is CC1(C)COCCN1Cc1cc(Cl)ccn1. The van der Waals surface area contributed by atoms with Crippen molar-refractivity contribution in [2.45, 2.75) is 25.9 Å². The second-order valence-corrected chi connectivity index (χ2v) is 5.19. The number of hydrogen-bond donors (Lipinski definition) is 0. The zero-order valence-corrected chi connectivity index (χ0v) is 10.5. The molecule has 0 aromatic carbocycles. The molecule has 2 heterocycles. The number of rotatable bonds is 2. The van der Waals surface area contributed by atoms with Crippen molar-refractivity contribution in [1.82, 2.24) is 9.88 Å². The topological polar surface area (TPSA) is 25.4 Å². The van der Waals surface area contributed by atoms with E-state index in [0.717, 1.165) is 37.0 Å². The maximum Gasteiger partial charge on any atom is 0.0645 e. The van der Waals surface area contributed by atoms with Gasteiger partial charge in [-0.3, -0.25) is 9.88 Å². The van der Waals surface area contributed by atoms with Crippen LogP contribution in [0.5, 0.6) is 0 Å². The molecule has 1 aliphatic heterocycles. The van der Waals surface area contributed by atoms with Crippen LogP contribution in [0.25, 0.3) is 0 Å². The highest BCUT2D eigenvalue weighted by atomic mass is 35.5. The Kier molecular flexibility index (Phi) is 3.47. The Morgan fingerprint density at radius 1 is 1.56 bits per heavy atom. The van der Waals surface area contributed by atoms with Gasteiger partial charge in [0.15, 0.2) is 0 Å².